The molecule has 2 N–H and O–H groups in total. The number of hydrogen-bond donors (Lipinski definition) is 2. The highest BCUT2D eigenvalue weighted by atomic mass is 16.5. The molecular weight excluding hydrogens is 304 g/mol. The van der Waals surface area contributed by atoms with E-state index in [1.165, 1.54) is 6.08 Å². The van der Waals surface area contributed by atoms with Crippen LogP contribution < -0.4 is 10.6 Å². The number of rotatable bonds is 7. The molecule has 1 aromatic rings. The molecule has 1 fully saturated rings. The summed E-state index contributed by atoms with van der Waals surface area (Å²) < 4.78 is 5.60. The van der Waals surface area contributed by atoms with E-state index in [1.54, 1.807) is 6.08 Å². The van der Waals surface area contributed by atoms with Gasteiger partial charge in [0.1, 0.15) is 0 Å². The number of carbonyl (C=O) groups excluding carboxylic acids is 2. The van der Waals surface area contributed by atoms with Gasteiger partial charge < -0.3 is 15.4 Å². The van der Waals surface area contributed by atoms with E-state index in [4.69, 9.17) is 4.74 Å². The lowest BCUT2D eigenvalue weighted by molar-refractivity contribution is -0.124. The molecule has 1 aliphatic rings. The summed E-state index contributed by atoms with van der Waals surface area (Å²) in [7, 11) is 0. The standard InChI is InChI=1S/C19H24N2O3/c1-14(2)19-16(10-11-24-19)12-20-18(23)13-21-17(22)9-8-15-6-4-3-5-7-15/h3-9,16,19H,1,10-13H2,2H3,(H,20,23)(H,21,22). The second kappa shape index (κ2) is 9.03. The Morgan fingerprint density at radius 2 is 2.04 bits per heavy atom. The molecule has 1 heterocycles. The van der Waals surface area contributed by atoms with E-state index in [0.717, 1.165) is 17.6 Å². The molecule has 1 aliphatic heterocycles. The molecule has 5 nitrogen and oxygen atoms in total. The van der Waals surface area contributed by atoms with Gasteiger partial charge in [0, 0.05) is 25.1 Å². The van der Waals surface area contributed by atoms with Crippen LogP contribution in [0.5, 0.6) is 0 Å². The van der Waals surface area contributed by atoms with Gasteiger partial charge in [0.2, 0.25) is 11.8 Å². The molecule has 2 atom stereocenters. The van der Waals surface area contributed by atoms with Crippen LogP contribution in [0.1, 0.15) is 18.9 Å². The summed E-state index contributed by atoms with van der Waals surface area (Å²) in [6.07, 6.45) is 4.04. The Morgan fingerprint density at radius 1 is 1.29 bits per heavy atom. The van der Waals surface area contributed by atoms with Crippen molar-refractivity contribution in [3.8, 4) is 0 Å². The van der Waals surface area contributed by atoms with Crippen molar-refractivity contribution in [1.29, 1.82) is 0 Å². The summed E-state index contributed by atoms with van der Waals surface area (Å²) in [5.74, 6) is -0.248. The number of ether oxygens (including phenoxy) is 1. The normalized spacial score (nSPS) is 20.0. The highest BCUT2D eigenvalue weighted by Crippen LogP contribution is 2.24. The van der Waals surface area contributed by atoms with E-state index >= 15 is 0 Å². The third kappa shape index (κ3) is 5.66. The van der Waals surface area contributed by atoms with Crippen molar-refractivity contribution in [2.24, 2.45) is 5.92 Å². The molecule has 0 spiro atoms. The number of carbonyl (C=O) groups is 2. The van der Waals surface area contributed by atoms with Gasteiger partial charge in [-0.25, -0.2) is 0 Å². The molecule has 1 aromatic carbocycles. The number of nitrogens with one attached hydrogen (secondary N) is 2. The average Bonchev–Trinajstić information content (AvgIpc) is 3.06. The molecule has 0 aliphatic carbocycles. The van der Waals surface area contributed by atoms with Gasteiger partial charge in [-0.1, -0.05) is 42.5 Å². The summed E-state index contributed by atoms with van der Waals surface area (Å²) in [6.45, 7) is 7.04. The molecular formula is C19H24N2O3. The monoisotopic (exact) mass is 328 g/mol. The third-order valence-corrected chi connectivity index (χ3v) is 3.91. The van der Waals surface area contributed by atoms with Crippen LogP contribution in [0.2, 0.25) is 0 Å². The first-order valence-electron chi connectivity index (χ1n) is 8.11. The number of benzene rings is 1. The van der Waals surface area contributed by atoms with Crippen LogP contribution in [0.25, 0.3) is 6.08 Å². The Bertz CT molecular complexity index is 610. The first-order chi connectivity index (χ1) is 11.6. The molecule has 0 aromatic heterocycles. The SMILES string of the molecule is C=C(C)C1OCCC1CNC(=O)CNC(=O)C=Cc1ccccc1. The fourth-order valence-electron chi connectivity index (χ4n) is 2.66. The summed E-state index contributed by atoms with van der Waals surface area (Å²) in [6, 6.07) is 9.51. The van der Waals surface area contributed by atoms with Crippen molar-refractivity contribution < 1.29 is 14.3 Å². The first kappa shape index (κ1) is 17.9. The summed E-state index contributed by atoms with van der Waals surface area (Å²) in [4.78, 5) is 23.6. The minimum atomic E-state index is -0.294. The van der Waals surface area contributed by atoms with Crippen LogP contribution in [0, 0.1) is 5.92 Å². The summed E-state index contributed by atoms with van der Waals surface area (Å²) >= 11 is 0. The summed E-state index contributed by atoms with van der Waals surface area (Å²) in [5, 5.41) is 5.42. The zero-order chi connectivity index (χ0) is 17.4. The van der Waals surface area contributed by atoms with Crippen LogP contribution in [-0.2, 0) is 14.3 Å². The predicted molar refractivity (Wildman–Crippen MR) is 94.2 cm³/mol. The fraction of sp³-hybridized carbons (Fsp3) is 0.368. The molecule has 2 unspecified atom stereocenters. The molecule has 0 radical (unpaired) electrons. The van der Waals surface area contributed by atoms with Gasteiger partial charge in [0.15, 0.2) is 0 Å². The quantitative estimate of drug-likeness (QED) is 0.593. The number of hydrogen-bond acceptors (Lipinski definition) is 3. The number of amides is 2. The average molecular weight is 328 g/mol. The van der Waals surface area contributed by atoms with Crippen LogP contribution in [-0.4, -0.2) is 37.6 Å². The van der Waals surface area contributed by atoms with E-state index in [1.807, 2.05) is 37.3 Å². The smallest absolute Gasteiger partial charge is 0.244 e. The molecule has 24 heavy (non-hydrogen) atoms. The molecule has 2 rings (SSSR count). The van der Waals surface area contributed by atoms with Gasteiger partial charge in [-0.3, -0.25) is 9.59 Å². The molecule has 5 heteroatoms. The van der Waals surface area contributed by atoms with Crippen LogP contribution in [0.15, 0.2) is 48.6 Å². The Hall–Kier alpha value is -2.40. The largest absolute Gasteiger partial charge is 0.374 e. The minimum Gasteiger partial charge on any atom is -0.374 e. The van der Waals surface area contributed by atoms with Gasteiger partial charge >= 0.3 is 0 Å². The van der Waals surface area contributed by atoms with Gasteiger partial charge in [0.25, 0.3) is 0 Å². The van der Waals surface area contributed by atoms with Crippen molar-refractivity contribution in [3.63, 3.8) is 0 Å². The van der Waals surface area contributed by atoms with E-state index in [2.05, 4.69) is 17.2 Å². The van der Waals surface area contributed by atoms with Crippen molar-refractivity contribution >= 4 is 17.9 Å². The third-order valence-electron chi connectivity index (χ3n) is 3.91. The van der Waals surface area contributed by atoms with Crippen molar-refractivity contribution in [2.75, 3.05) is 19.7 Å². The van der Waals surface area contributed by atoms with Gasteiger partial charge in [0.05, 0.1) is 12.6 Å². The van der Waals surface area contributed by atoms with Gasteiger partial charge in [-0.05, 0) is 25.0 Å². The molecule has 2 amide bonds. The van der Waals surface area contributed by atoms with Crippen LogP contribution >= 0.6 is 0 Å². The molecule has 128 valence electrons. The molecule has 0 bridgehead atoms. The summed E-state index contributed by atoms with van der Waals surface area (Å²) in [5.41, 5.74) is 1.91. The molecule has 1 saturated heterocycles. The molecule has 0 saturated carbocycles. The van der Waals surface area contributed by atoms with E-state index in [0.29, 0.717) is 13.2 Å². The van der Waals surface area contributed by atoms with Crippen molar-refractivity contribution in [2.45, 2.75) is 19.4 Å². The zero-order valence-corrected chi connectivity index (χ0v) is 14.0. The fourth-order valence-corrected chi connectivity index (χ4v) is 2.66. The zero-order valence-electron chi connectivity index (χ0n) is 14.0. The maximum Gasteiger partial charge on any atom is 0.244 e. The Balaban J connectivity index is 1.68. The topological polar surface area (TPSA) is 67.4 Å². The lowest BCUT2D eigenvalue weighted by Gasteiger charge is -2.19. The van der Waals surface area contributed by atoms with E-state index in [9.17, 15) is 9.59 Å². The van der Waals surface area contributed by atoms with Crippen LogP contribution in [0.3, 0.4) is 0 Å². The second-order valence-electron chi connectivity index (χ2n) is 5.95. The van der Waals surface area contributed by atoms with Crippen molar-refractivity contribution in [3.05, 3.63) is 54.1 Å². The van der Waals surface area contributed by atoms with Gasteiger partial charge in [-0.2, -0.15) is 0 Å². The highest BCUT2D eigenvalue weighted by Gasteiger charge is 2.28. The Labute approximate surface area is 142 Å². The second-order valence-corrected chi connectivity index (χ2v) is 5.95. The predicted octanol–water partition coefficient (Wildman–Crippen LogP) is 1.91. The van der Waals surface area contributed by atoms with Gasteiger partial charge in [-0.15, -0.1) is 0 Å². The maximum atomic E-state index is 11.8. The minimum absolute atomic E-state index is 0.00805. The van der Waals surface area contributed by atoms with Crippen LogP contribution in [0.4, 0.5) is 0 Å². The maximum absolute atomic E-state index is 11.8. The van der Waals surface area contributed by atoms with E-state index < -0.39 is 0 Å². The first-order valence-corrected chi connectivity index (χ1v) is 8.11. The highest BCUT2D eigenvalue weighted by molar-refractivity contribution is 5.94. The lowest BCUT2D eigenvalue weighted by Crippen LogP contribution is -2.39. The lowest BCUT2D eigenvalue weighted by atomic mass is 9.97. The van der Waals surface area contributed by atoms with Crippen molar-refractivity contribution in [1.82, 2.24) is 10.6 Å². The Kier molecular flexibility index (Phi) is 6.75. The Morgan fingerprint density at radius 3 is 2.75 bits per heavy atom. The van der Waals surface area contributed by atoms with E-state index in [-0.39, 0.29) is 30.4 Å².